The molecule has 0 aliphatic carbocycles. The molecule has 0 saturated heterocycles. The molecule has 0 amide bonds. The Morgan fingerprint density at radius 1 is 0.944 bits per heavy atom. The van der Waals surface area contributed by atoms with Crippen LogP contribution in [0, 0.1) is 0 Å². The number of nitrogens with zero attached hydrogens (tertiary/aromatic N) is 1. The minimum Gasteiger partial charge on any atom is -0.259 e. The first-order valence-corrected chi connectivity index (χ1v) is 5.44. The van der Waals surface area contributed by atoms with Crippen LogP contribution in [0.15, 0.2) is 44.7 Å². The third-order valence-corrected chi connectivity index (χ3v) is 2.89. The molecule has 0 unspecified atom stereocenters. The molecule has 0 saturated carbocycles. The Kier molecular flexibility index (Phi) is 2.78. The summed E-state index contributed by atoms with van der Waals surface area (Å²) in [5.41, 5.74) is -2.30. The molecule has 0 aliphatic heterocycles. The second-order valence-corrected chi connectivity index (χ2v) is 4.45. The van der Waals surface area contributed by atoms with Crippen LogP contribution in [0.2, 0.25) is 0 Å². The van der Waals surface area contributed by atoms with Crippen LogP contribution in [0.3, 0.4) is 0 Å². The van der Waals surface area contributed by atoms with Gasteiger partial charge in [0.05, 0.1) is 5.54 Å². The van der Waals surface area contributed by atoms with Gasteiger partial charge < -0.3 is 0 Å². The largest absolute Gasteiger partial charge is 0.334 e. The fourth-order valence-electron chi connectivity index (χ4n) is 1.91. The van der Waals surface area contributed by atoms with Crippen molar-refractivity contribution in [3.63, 3.8) is 0 Å². The van der Waals surface area contributed by atoms with Crippen LogP contribution < -0.4 is 17.1 Å². The van der Waals surface area contributed by atoms with Gasteiger partial charge in [-0.2, -0.15) is 0 Å². The van der Waals surface area contributed by atoms with E-state index in [-0.39, 0.29) is 0 Å². The quantitative estimate of drug-likeness (QED) is 0.783. The molecule has 1 aromatic carbocycles. The highest BCUT2D eigenvalue weighted by Gasteiger charge is 2.26. The smallest absolute Gasteiger partial charge is 0.259 e. The summed E-state index contributed by atoms with van der Waals surface area (Å²) in [6.45, 7) is 3.47. The van der Waals surface area contributed by atoms with Gasteiger partial charge in [-0.1, -0.05) is 30.3 Å². The summed E-state index contributed by atoms with van der Waals surface area (Å²) < 4.78 is 0.990. The average Bonchev–Trinajstić information content (AvgIpc) is 2.28. The predicted molar refractivity (Wildman–Crippen MR) is 66.8 cm³/mol. The van der Waals surface area contributed by atoms with Crippen molar-refractivity contribution in [2.24, 2.45) is 0 Å². The molecular formula is C12H13N3O3. The van der Waals surface area contributed by atoms with Gasteiger partial charge in [0.2, 0.25) is 0 Å². The second-order valence-electron chi connectivity index (χ2n) is 4.45. The van der Waals surface area contributed by atoms with Gasteiger partial charge in [-0.25, -0.2) is 19.0 Å². The van der Waals surface area contributed by atoms with Crippen LogP contribution in [0.25, 0.3) is 0 Å². The molecule has 0 radical (unpaired) electrons. The average molecular weight is 247 g/mol. The molecule has 6 nitrogen and oxygen atoms in total. The fraction of sp³-hybridized carbons (Fsp3) is 0.250. The Balaban J connectivity index is 2.73. The molecule has 1 heterocycles. The zero-order valence-corrected chi connectivity index (χ0v) is 10.1. The van der Waals surface area contributed by atoms with E-state index in [0.717, 1.165) is 10.1 Å². The summed E-state index contributed by atoms with van der Waals surface area (Å²) in [4.78, 5) is 38.6. The molecule has 18 heavy (non-hydrogen) atoms. The van der Waals surface area contributed by atoms with Gasteiger partial charge in [-0.15, -0.1) is 0 Å². The molecule has 0 bridgehead atoms. The Morgan fingerprint density at radius 3 is 1.94 bits per heavy atom. The van der Waals surface area contributed by atoms with Crippen molar-refractivity contribution >= 4 is 0 Å². The summed E-state index contributed by atoms with van der Waals surface area (Å²) in [5.74, 6) is 0. The Hall–Kier alpha value is -2.37. The highest BCUT2D eigenvalue weighted by molar-refractivity contribution is 5.23. The van der Waals surface area contributed by atoms with E-state index in [1.807, 2.05) is 30.3 Å². The van der Waals surface area contributed by atoms with Gasteiger partial charge >= 0.3 is 17.1 Å². The monoisotopic (exact) mass is 247 g/mol. The van der Waals surface area contributed by atoms with Crippen LogP contribution in [0.4, 0.5) is 0 Å². The SMILES string of the molecule is CC(C)(c1ccccc1)n1c(=O)[nH]c(=O)[nH]c1=O. The Labute approximate surface area is 102 Å². The van der Waals surface area contributed by atoms with E-state index < -0.39 is 22.6 Å². The first kappa shape index (κ1) is 12.1. The highest BCUT2D eigenvalue weighted by atomic mass is 16.2. The number of rotatable bonds is 2. The van der Waals surface area contributed by atoms with E-state index in [0.29, 0.717) is 0 Å². The van der Waals surface area contributed by atoms with Crippen molar-refractivity contribution in [2.75, 3.05) is 0 Å². The van der Waals surface area contributed by atoms with Gasteiger partial charge in [0.25, 0.3) is 0 Å². The first-order valence-electron chi connectivity index (χ1n) is 5.44. The van der Waals surface area contributed by atoms with Crippen molar-refractivity contribution in [3.8, 4) is 0 Å². The lowest BCUT2D eigenvalue weighted by atomic mass is 9.94. The number of aromatic amines is 2. The van der Waals surface area contributed by atoms with Crippen LogP contribution >= 0.6 is 0 Å². The lowest BCUT2D eigenvalue weighted by Crippen LogP contribution is -2.51. The second kappa shape index (κ2) is 4.14. The van der Waals surface area contributed by atoms with Crippen LogP contribution in [-0.4, -0.2) is 14.5 Å². The van der Waals surface area contributed by atoms with E-state index in [9.17, 15) is 14.4 Å². The standard InChI is InChI=1S/C12H13N3O3/c1-12(2,8-6-4-3-5-7-8)15-10(17)13-9(16)14-11(15)18/h3-7H,1-2H3,(H2,13,14,16,17,18). The zero-order chi connectivity index (χ0) is 13.3. The summed E-state index contributed by atoms with van der Waals surface area (Å²) in [6, 6.07) is 9.12. The summed E-state index contributed by atoms with van der Waals surface area (Å²) >= 11 is 0. The molecule has 1 aromatic heterocycles. The van der Waals surface area contributed by atoms with Crippen molar-refractivity contribution in [3.05, 3.63) is 67.3 Å². The summed E-state index contributed by atoms with van der Waals surface area (Å²) in [6.07, 6.45) is 0. The van der Waals surface area contributed by atoms with E-state index in [1.165, 1.54) is 0 Å². The van der Waals surface area contributed by atoms with Crippen molar-refractivity contribution in [1.29, 1.82) is 0 Å². The minimum absolute atomic E-state index is 0.724. The molecule has 2 N–H and O–H groups in total. The molecule has 2 rings (SSSR count). The fourth-order valence-corrected chi connectivity index (χ4v) is 1.91. The Bertz CT molecular complexity index is 688. The molecule has 2 aromatic rings. The van der Waals surface area contributed by atoms with E-state index in [4.69, 9.17) is 0 Å². The van der Waals surface area contributed by atoms with Gasteiger partial charge in [0.15, 0.2) is 0 Å². The number of hydrogen-bond acceptors (Lipinski definition) is 3. The maximum absolute atomic E-state index is 11.8. The van der Waals surface area contributed by atoms with E-state index in [1.54, 1.807) is 13.8 Å². The Morgan fingerprint density at radius 2 is 1.44 bits per heavy atom. The number of nitrogens with one attached hydrogen (secondary N) is 2. The zero-order valence-electron chi connectivity index (χ0n) is 10.1. The van der Waals surface area contributed by atoms with E-state index >= 15 is 0 Å². The molecule has 94 valence electrons. The molecular weight excluding hydrogens is 234 g/mol. The normalized spacial score (nSPS) is 11.4. The van der Waals surface area contributed by atoms with E-state index in [2.05, 4.69) is 9.97 Å². The van der Waals surface area contributed by atoms with Crippen molar-refractivity contribution < 1.29 is 0 Å². The number of hydrogen-bond donors (Lipinski definition) is 2. The topological polar surface area (TPSA) is 87.7 Å². The summed E-state index contributed by atoms with van der Waals surface area (Å²) in [7, 11) is 0. The lowest BCUT2D eigenvalue weighted by molar-refractivity contribution is 0.390. The number of H-pyrrole nitrogens is 2. The molecule has 0 spiro atoms. The van der Waals surface area contributed by atoms with Crippen molar-refractivity contribution in [1.82, 2.24) is 14.5 Å². The predicted octanol–water partition coefficient (Wildman–Crippen LogP) is 0.00830. The highest BCUT2D eigenvalue weighted by Crippen LogP contribution is 2.21. The van der Waals surface area contributed by atoms with Gasteiger partial charge in [-0.05, 0) is 19.4 Å². The van der Waals surface area contributed by atoms with Crippen molar-refractivity contribution in [2.45, 2.75) is 19.4 Å². The third-order valence-electron chi connectivity index (χ3n) is 2.89. The third kappa shape index (κ3) is 1.92. The van der Waals surface area contributed by atoms with Crippen LogP contribution in [-0.2, 0) is 5.54 Å². The van der Waals surface area contributed by atoms with Gasteiger partial charge in [0.1, 0.15) is 0 Å². The number of benzene rings is 1. The molecule has 0 fully saturated rings. The molecule has 6 heteroatoms. The summed E-state index contributed by atoms with van der Waals surface area (Å²) in [5, 5.41) is 0. The maximum atomic E-state index is 11.8. The molecule has 0 aliphatic rings. The van der Waals surface area contributed by atoms with Gasteiger partial charge in [-0.3, -0.25) is 9.97 Å². The lowest BCUT2D eigenvalue weighted by Gasteiger charge is -2.26. The van der Waals surface area contributed by atoms with Gasteiger partial charge in [0, 0.05) is 0 Å². The minimum atomic E-state index is -0.851. The van der Waals surface area contributed by atoms with Crippen LogP contribution in [0.1, 0.15) is 19.4 Å². The van der Waals surface area contributed by atoms with Crippen LogP contribution in [0.5, 0.6) is 0 Å². The maximum Gasteiger partial charge on any atom is 0.334 e. The number of aromatic nitrogens is 3. The molecule has 0 atom stereocenters. The first-order chi connectivity index (χ1) is 8.43.